The summed E-state index contributed by atoms with van der Waals surface area (Å²) < 4.78 is 32.4. The summed E-state index contributed by atoms with van der Waals surface area (Å²) in [4.78, 5) is 197. The topological polar surface area (TPSA) is 377 Å². The van der Waals surface area contributed by atoms with E-state index in [0.29, 0.717) is 19.9 Å². The summed E-state index contributed by atoms with van der Waals surface area (Å²) in [5.41, 5.74) is 0. The molecule has 334 valence electrons. The van der Waals surface area contributed by atoms with E-state index < -0.39 is 124 Å². The molecule has 6 aliphatic heterocycles. The number of Topliss-reactive ketones (excluding diaryl/α,β-unsaturated/α-hetero) is 1. The number of ketones is 1. The Kier molecular flexibility index (Phi) is 17.6. The Balaban J connectivity index is 0.000000255. The second kappa shape index (κ2) is 21.9. The largest absolute Gasteiger partial charge is 1.00 e. The summed E-state index contributed by atoms with van der Waals surface area (Å²) in [6.07, 6.45) is 4.55. The molecule has 6 aliphatic rings. The Morgan fingerprint density at radius 3 is 1.20 bits per heavy atom. The van der Waals surface area contributed by atoms with Gasteiger partial charge in [-0.15, -0.1) is 15.2 Å². The molecular formula is C34H29N6NaO22S. The van der Waals surface area contributed by atoms with Gasteiger partial charge in [0.05, 0.1) is 12.8 Å². The summed E-state index contributed by atoms with van der Waals surface area (Å²) >= 11 is 0. The first-order valence-electron chi connectivity index (χ1n) is 17.8. The van der Waals surface area contributed by atoms with E-state index >= 15 is 0 Å². The molecule has 6 rings (SSSR count). The standard InChI is InChI=1S/C14H14N2O7.C10H8N2O9S.C10H8N2O6.Na/c17-9(7-8-15-10(18)2-3-11(15)19)1-6-14(22)23-16-12(20)4-5-13(16)21;13-6-1-2-7(14)11(6)4-9(16)21-12-8(15)3-5(10(12)17)22(18,19)20;13-6-1-2-7(14)11(6)5-10(17)18-12-8(15)3-4-9(12)16;/h2-3H,1,4-8H2;1-2,5H,3-4H2,(H,18,19,20);1-2H,3-5H2;/q;;;+1/p-1. The Bertz CT molecular complexity index is 2260. The van der Waals surface area contributed by atoms with Gasteiger partial charge in [0.15, 0.2) is 0 Å². The number of carbonyl (C=O) groups excluding carboxylic acids is 16. The SMILES string of the molecule is O=C(CCC(=O)ON1C(=O)CCC1=O)CCN1C(=O)C=CC1=O.O=C(CN1C(=O)C=CC1=O)ON1C(=O)CC(S(=O)(=O)[O-])C1=O.O=C(CN1C(=O)C=CC1=O)ON1C(=O)CCC1=O.[Na+]. The zero-order valence-electron chi connectivity index (χ0n) is 32.9. The summed E-state index contributed by atoms with van der Waals surface area (Å²) in [5, 5.41) is -1.54. The van der Waals surface area contributed by atoms with Gasteiger partial charge in [0.2, 0.25) is 0 Å². The van der Waals surface area contributed by atoms with Crippen LogP contribution in [0.5, 0.6) is 0 Å². The quantitative estimate of drug-likeness (QED) is 0.0887. The molecule has 0 spiro atoms. The number of carbonyl (C=O) groups is 16. The third-order valence-electron chi connectivity index (χ3n) is 8.50. The van der Waals surface area contributed by atoms with Crippen molar-refractivity contribution in [2.45, 2.75) is 56.6 Å². The molecule has 3 saturated heterocycles. The molecule has 0 aliphatic carbocycles. The van der Waals surface area contributed by atoms with Crippen LogP contribution in [0.25, 0.3) is 0 Å². The number of nitrogens with zero attached hydrogens (tertiary/aromatic N) is 6. The van der Waals surface area contributed by atoms with Gasteiger partial charge in [0.25, 0.3) is 70.9 Å². The maximum Gasteiger partial charge on any atom is 1.00 e. The van der Waals surface area contributed by atoms with Crippen molar-refractivity contribution >= 4 is 105 Å². The van der Waals surface area contributed by atoms with Crippen molar-refractivity contribution in [3.63, 3.8) is 0 Å². The van der Waals surface area contributed by atoms with Crippen molar-refractivity contribution < 1.29 is 134 Å². The fourth-order valence-corrected chi connectivity index (χ4v) is 6.00. The molecule has 30 heteroatoms. The van der Waals surface area contributed by atoms with Crippen LogP contribution < -0.4 is 29.6 Å². The minimum atomic E-state index is -5.08. The summed E-state index contributed by atoms with van der Waals surface area (Å²) in [5.74, 6) is -12.5. The molecule has 28 nitrogen and oxygen atoms in total. The monoisotopic (exact) mass is 928 g/mol. The number of hydrogen-bond donors (Lipinski definition) is 0. The molecule has 0 radical (unpaired) electrons. The predicted octanol–water partition coefficient (Wildman–Crippen LogP) is -8.18. The van der Waals surface area contributed by atoms with Crippen LogP contribution in [0.1, 0.15) is 51.4 Å². The van der Waals surface area contributed by atoms with Crippen LogP contribution in [0, 0.1) is 0 Å². The molecule has 6 heterocycles. The first kappa shape index (κ1) is 51.4. The van der Waals surface area contributed by atoms with Gasteiger partial charge in [-0.2, -0.15) is 0 Å². The Labute approximate surface area is 379 Å². The number of imide groups is 6. The molecule has 64 heavy (non-hydrogen) atoms. The maximum absolute atomic E-state index is 11.7. The minimum absolute atomic E-state index is 0. The number of hydrogen-bond acceptors (Lipinski definition) is 22. The van der Waals surface area contributed by atoms with E-state index in [1.807, 2.05) is 0 Å². The summed E-state index contributed by atoms with van der Waals surface area (Å²) in [7, 11) is -5.08. The molecule has 0 N–H and O–H groups in total. The van der Waals surface area contributed by atoms with Crippen molar-refractivity contribution in [2.24, 2.45) is 0 Å². The molecule has 0 bridgehead atoms. The minimum Gasteiger partial charge on any atom is -0.747 e. The van der Waals surface area contributed by atoms with Crippen molar-refractivity contribution in [3.8, 4) is 0 Å². The molecule has 3 fully saturated rings. The summed E-state index contributed by atoms with van der Waals surface area (Å²) in [6.45, 7) is -1.57. The van der Waals surface area contributed by atoms with Crippen LogP contribution in [-0.2, 0) is 101 Å². The van der Waals surface area contributed by atoms with Gasteiger partial charge in [0.1, 0.15) is 34.2 Å². The molecule has 0 saturated carbocycles. The molecule has 0 aromatic heterocycles. The van der Waals surface area contributed by atoms with E-state index in [0.717, 1.165) is 41.4 Å². The van der Waals surface area contributed by atoms with Crippen LogP contribution >= 0.6 is 0 Å². The van der Waals surface area contributed by atoms with E-state index in [1.165, 1.54) is 0 Å². The van der Waals surface area contributed by atoms with Gasteiger partial charge in [-0.05, 0) is 0 Å². The average molecular weight is 929 g/mol. The van der Waals surface area contributed by atoms with Crippen molar-refractivity contribution in [2.75, 3.05) is 19.6 Å². The van der Waals surface area contributed by atoms with Crippen molar-refractivity contribution in [1.29, 1.82) is 0 Å². The van der Waals surface area contributed by atoms with E-state index in [-0.39, 0.29) is 91.9 Å². The van der Waals surface area contributed by atoms with Gasteiger partial charge in [0, 0.05) is 81.5 Å². The molecular weight excluding hydrogens is 899 g/mol. The first-order valence-corrected chi connectivity index (χ1v) is 19.2. The maximum atomic E-state index is 11.7. The van der Waals surface area contributed by atoms with Gasteiger partial charge < -0.3 is 19.1 Å². The molecule has 12 amide bonds. The average Bonchev–Trinajstić information content (AvgIpc) is 4.04. The van der Waals surface area contributed by atoms with Gasteiger partial charge in [-0.25, -0.2) is 22.8 Å². The van der Waals surface area contributed by atoms with Crippen LogP contribution in [0.15, 0.2) is 36.5 Å². The van der Waals surface area contributed by atoms with E-state index in [9.17, 15) is 89.7 Å². The van der Waals surface area contributed by atoms with E-state index in [2.05, 4.69) is 14.5 Å². The Morgan fingerprint density at radius 1 is 0.500 bits per heavy atom. The van der Waals surface area contributed by atoms with Crippen LogP contribution in [0.4, 0.5) is 0 Å². The van der Waals surface area contributed by atoms with Gasteiger partial charge in [-0.3, -0.25) is 77.0 Å². The fourth-order valence-electron chi connectivity index (χ4n) is 5.32. The zero-order valence-corrected chi connectivity index (χ0v) is 35.7. The third kappa shape index (κ3) is 13.3. The number of amides is 12. The van der Waals surface area contributed by atoms with E-state index in [1.54, 1.807) is 0 Å². The van der Waals surface area contributed by atoms with Gasteiger partial charge in [-0.1, -0.05) is 0 Å². The second-order valence-electron chi connectivity index (χ2n) is 12.9. The molecule has 1 atom stereocenters. The predicted molar refractivity (Wildman–Crippen MR) is 187 cm³/mol. The van der Waals surface area contributed by atoms with Crippen LogP contribution in [-0.4, -0.2) is 162 Å². The smallest absolute Gasteiger partial charge is 0.747 e. The molecule has 1 unspecified atom stereocenters. The van der Waals surface area contributed by atoms with Crippen LogP contribution in [0.3, 0.4) is 0 Å². The summed E-state index contributed by atoms with van der Waals surface area (Å²) in [6, 6.07) is 0. The van der Waals surface area contributed by atoms with Gasteiger partial charge >= 0.3 is 47.5 Å². The second-order valence-corrected chi connectivity index (χ2v) is 14.5. The zero-order chi connectivity index (χ0) is 46.9. The van der Waals surface area contributed by atoms with Crippen LogP contribution in [0.2, 0.25) is 0 Å². The Hall–Kier alpha value is -6.95. The van der Waals surface area contributed by atoms with Crippen molar-refractivity contribution in [3.05, 3.63) is 36.5 Å². The third-order valence-corrected chi connectivity index (χ3v) is 9.56. The van der Waals surface area contributed by atoms with E-state index in [4.69, 9.17) is 0 Å². The normalized spacial score (nSPS) is 19.2. The number of hydroxylamine groups is 6. The fraction of sp³-hybridized carbons (Fsp3) is 0.353. The molecule has 0 aromatic carbocycles. The van der Waals surface area contributed by atoms with Crippen molar-refractivity contribution in [1.82, 2.24) is 29.9 Å². The Morgan fingerprint density at radius 2 is 0.844 bits per heavy atom. The molecule has 0 aromatic rings. The first-order chi connectivity index (χ1) is 29.5. The number of rotatable bonds is 14.